The molecular formula is C18H14Cl2O3S. The number of aryl methyl sites for hydroxylation is 1. The summed E-state index contributed by atoms with van der Waals surface area (Å²) in [7, 11) is 1.34. The van der Waals surface area contributed by atoms with Crippen molar-refractivity contribution in [1.29, 1.82) is 0 Å². The molecule has 0 fully saturated rings. The van der Waals surface area contributed by atoms with Crippen LogP contribution in [0.25, 0.3) is 10.1 Å². The van der Waals surface area contributed by atoms with Gasteiger partial charge in [-0.05, 0) is 42.6 Å². The monoisotopic (exact) mass is 380 g/mol. The van der Waals surface area contributed by atoms with Crippen molar-refractivity contribution in [3.63, 3.8) is 0 Å². The molecule has 3 nitrogen and oxygen atoms in total. The number of aliphatic hydroxyl groups excluding tert-OH is 1. The Labute approximate surface area is 153 Å². The van der Waals surface area contributed by atoms with Gasteiger partial charge in [0.05, 0.1) is 12.7 Å². The molecule has 0 saturated carbocycles. The van der Waals surface area contributed by atoms with Crippen molar-refractivity contribution in [1.82, 2.24) is 0 Å². The maximum atomic E-state index is 11.8. The third-order valence-electron chi connectivity index (χ3n) is 3.86. The van der Waals surface area contributed by atoms with Gasteiger partial charge in [-0.25, -0.2) is 4.79 Å². The summed E-state index contributed by atoms with van der Waals surface area (Å²) in [6, 6.07) is 10.3. The number of hydrogen-bond acceptors (Lipinski definition) is 4. The molecule has 3 rings (SSSR count). The number of thiophene rings is 1. The molecule has 0 bridgehead atoms. The molecule has 1 unspecified atom stereocenters. The van der Waals surface area contributed by atoms with Crippen LogP contribution in [-0.2, 0) is 4.74 Å². The van der Waals surface area contributed by atoms with E-state index >= 15 is 0 Å². The van der Waals surface area contributed by atoms with Gasteiger partial charge in [-0.15, -0.1) is 11.3 Å². The van der Waals surface area contributed by atoms with E-state index in [1.807, 2.05) is 13.0 Å². The number of aliphatic hydroxyl groups is 1. The Bertz CT molecular complexity index is 933. The molecule has 0 saturated heterocycles. The number of methoxy groups -OCH3 is 1. The Hall–Kier alpha value is -1.59. The summed E-state index contributed by atoms with van der Waals surface area (Å²) in [5, 5.41) is 12.6. The molecule has 0 radical (unpaired) electrons. The van der Waals surface area contributed by atoms with E-state index in [1.165, 1.54) is 7.11 Å². The predicted molar refractivity (Wildman–Crippen MR) is 98.4 cm³/mol. The minimum Gasteiger partial charge on any atom is -0.465 e. The number of carbonyl (C=O) groups is 1. The first-order chi connectivity index (χ1) is 11.4. The lowest BCUT2D eigenvalue weighted by atomic mass is 9.98. The molecule has 1 aromatic heterocycles. The van der Waals surface area contributed by atoms with E-state index in [0.29, 0.717) is 21.2 Å². The van der Waals surface area contributed by atoms with Crippen LogP contribution in [0.15, 0.2) is 36.4 Å². The highest BCUT2D eigenvalue weighted by Crippen LogP contribution is 2.40. The maximum Gasteiger partial charge on any atom is 0.337 e. The lowest BCUT2D eigenvalue weighted by Gasteiger charge is -2.14. The first kappa shape index (κ1) is 17.2. The second kappa shape index (κ2) is 6.73. The van der Waals surface area contributed by atoms with Crippen molar-refractivity contribution in [3.8, 4) is 0 Å². The van der Waals surface area contributed by atoms with Gasteiger partial charge < -0.3 is 9.84 Å². The zero-order valence-corrected chi connectivity index (χ0v) is 15.3. The molecule has 2 aromatic carbocycles. The van der Waals surface area contributed by atoms with Crippen LogP contribution in [0.5, 0.6) is 0 Å². The molecule has 0 amide bonds. The standard InChI is InChI=1S/C18H14Cl2O3S/c1-9-16(17(21)12-5-4-11(19)8-14(12)20)13-7-10(18(22)23-2)3-6-15(13)24-9/h3-8,17,21H,1-2H3. The largest absolute Gasteiger partial charge is 0.465 e. The normalized spacial score (nSPS) is 12.4. The van der Waals surface area contributed by atoms with Gasteiger partial charge in [0, 0.05) is 30.7 Å². The Morgan fingerprint density at radius 2 is 1.96 bits per heavy atom. The molecular weight excluding hydrogens is 367 g/mol. The van der Waals surface area contributed by atoms with Crippen molar-refractivity contribution >= 4 is 50.6 Å². The van der Waals surface area contributed by atoms with Crippen molar-refractivity contribution < 1.29 is 14.6 Å². The summed E-state index contributed by atoms with van der Waals surface area (Å²) in [6.45, 7) is 1.94. The third-order valence-corrected chi connectivity index (χ3v) is 5.53. The SMILES string of the molecule is COC(=O)c1ccc2sc(C)c(C(O)c3ccc(Cl)cc3Cl)c2c1. The zero-order valence-electron chi connectivity index (χ0n) is 13.0. The fourth-order valence-corrected chi connectivity index (χ4v) is 4.29. The van der Waals surface area contributed by atoms with Gasteiger partial charge >= 0.3 is 5.97 Å². The maximum absolute atomic E-state index is 11.8. The van der Waals surface area contributed by atoms with E-state index in [9.17, 15) is 9.90 Å². The van der Waals surface area contributed by atoms with E-state index < -0.39 is 12.1 Å². The molecule has 0 aliphatic heterocycles. The summed E-state index contributed by atoms with van der Waals surface area (Å²) in [6.07, 6.45) is -0.906. The van der Waals surface area contributed by atoms with Gasteiger partial charge in [0.2, 0.25) is 0 Å². The summed E-state index contributed by atoms with van der Waals surface area (Å²) < 4.78 is 5.76. The summed E-state index contributed by atoms with van der Waals surface area (Å²) >= 11 is 13.7. The molecule has 1 N–H and O–H groups in total. The number of fused-ring (bicyclic) bond motifs is 1. The summed E-state index contributed by atoms with van der Waals surface area (Å²) in [4.78, 5) is 12.8. The molecule has 1 atom stereocenters. The van der Waals surface area contributed by atoms with Gasteiger partial charge in [-0.3, -0.25) is 0 Å². The van der Waals surface area contributed by atoms with Crippen LogP contribution in [0.1, 0.15) is 32.5 Å². The molecule has 0 aliphatic carbocycles. The molecule has 0 aliphatic rings. The Kier molecular flexibility index (Phi) is 4.83. The quantitative estimate of drug-likeness (QED) is 0.619. The number of ether oxygens (including phenoxy) is 1. The van der Waals surface area contributed by atoms with E-state index in [4.69, 9.17) is 27.9 Å². The number of hydrogen-bond donors (Lipinski definition) is 1. The van der Waals surface area contributed by atoms with E-state index in [1.54, 1.807) is 41.7 Å². The van der Waals surface area contributed by atoms with E-state index in [2.05, 4.69) is 0 Å². The molecule has 124 valence electrons. The van der Waals surface area contributed by atoms with Crippen molar-refractivity contribution in [2.24, 2.45) is 0 Å². The minimum absolute atomic E-state index is 0.401. The van der Waals surface area contributed by atoms with Crippen molar-refractivity contribution in [2.45, 2.75) is 13.0 Å². The van der Waals surface area contributed by atoms with Crippen LogP contribution in [0, 0.1) is 6.92 Å². The smallest absolute Gasteiger partial charge is 0.337 e. The number of esters is 1. The highest BCUT2D eigenvalue weighted by molar-refractivity contribution is 7.19. The first-order valence-corrected chi connectivity index (χ1v) is 8.74. The number of carbonyl (C=O) groups excluding carboxylic acids is 1. The number of halogens is 2. The molecule has 3 aromatic rings. The molecule has 24 heavy (non-hydrogen) atoms. The van der Waals surface area contributed by atoms with E-state index in [-0.39, 0.29) is 0 Å². The molecule has 6 heteroatoms. The topological polar surface area (TPSA) is 46.5 Å². The minimum atomic E-state index is -0.906. The van der Waals surface area contributed by atoms with Crippen LogP contribution in [0.4, 0.5) is 0 Å². The number of rotatable bonds is 3. The van der Waals surface area contributed by atoms with E-state index in [0.717, 1.165) is 20.5 Å². The molecule has 1 heterocycles. The lowest BCUT2D eigenvalue weighted by molar-refractivity contribution is 0.0601. The lowest BCUT2D eigenvalue weighted by Crippen LogP contribution is -2.03. The highest BCUT2D eigenvalue weighted by Gasteiger charge is 2.22. The molecule has 0 spiro atoms. The van der Waals surface area contributed by atoms with Gasteiger partial charge in [0.1, 0.15) is 6.10 Å². The van der Waals surface area contributed by atoms with Gasteiger partial charge in [0.25, 0.3) is 0 Å². The van der Waals surface area contributed by atoms with Crippen LogP contribution < -0.4 is 0 Å². The average molecular weight is 381 g/mol. The third kappa shape index (κ3) is 3.03. The summed E-state index contributed by atoms with van der Waals surface area (Å²) in [5.74, 6) is -0.411. The van der Waals surface area contributed by atoms with Gasteiger partial charge in [-0.1, -0.05) is 29.3 Å². The fraction of sp³-hybridized carbons (Fsp3) is 0.167. The van der Waals surface area contributed by atoms with Crippen LogP contribution in [0.3, 0.4) is 0 Å². The average Bonchev–Trinajstić information content (AvgIpc) is 2.88. The Balaban J connectivity index is 2.17. The fourth-order valence-electron chi connectivity index (χ4n) is 2.70. The van der Waals surface area contributed by atoms with Crippen molar-refractivity contribution in [2.75, 3.05) is 7.11 Å². The first-order valence-electron chi connectivity index (χ1n) is 7.16. The van der Waals surface area contributed by atoms with Crippen molar-refractivity contribution in [3.05, 3.63) is 68.0 Å². The predicted octanol–water partition coefficient (Wildman–Crippen LogP) is 5.38. The van der Waals surface area contributed by atoms with Crippen LogP contribution in [-0.4, -0.2) is 18.2 Å². The van der Waals surface area contributed by atoms with Gasteiger partial charge in [-0.2, -0.15) is 0 Å². The van der Waals surface area contributed by atoms with Crippen LogP contribution in [0.2, 0.25) is 10.0 Å². The second-order valence-corrected chi connectivity index (χ2v) is 7.44. The highest BCUT2D eigenvalue weighted by atomic mass is 35.5. The summed E-state index contributed by atoms with van der Waals surface area (Å²) in [5.41, 5.74) is 1.76. The zero-order chi connectivity index (χ0) is 17.4. The number of benzene rings is 2. The van der Waals surface area contributed by atoms with Gasteiger partial charge in [0.15, 0.2) is 0 Å². The second-order valence-electron chi connectivity index (χ2n) is 5.34. The Morgan fingerprint density at radius 1 is 1.21 bits per heavy atom. The Morgan fingerprint density at radius 3 is 2.62 bits per heavy atom. The van der Waals surface area contributed by atoms with Crippen LogP contribution >= 0.6 is 34.5 Å².